The van der Waals surface area contributed by atoms with Gasteiger partial charge < -0.3 is 19.7 Å². The van der Waals surface area contributed by atoms with Gasteiger partial charge in [0, 0.05) is 25.4 Å². The third-order valence-corrected chi connectivity index (χ3v) is 6.63. The first kappa shape index (κ1) is 16.9. The van der Waals surface area contributed by atoms with E-state index in [9.17, 15) is 9.59 Å². The van der Waals surface area contributed by atoms with E-state index in [-0.39, 0.29) is 37.1 Å². The molecule has 27 heavy (non-hydrogen) atoms. The first-order chi connectivity index (χ1) is 13.1. The summed E-state index contributed by atoms with van der Waals surface area (Å²) >= 11 is 0. The van der Waals surface area contributed by atoms with E-state index in [0.717, 1.165) is 37.4 Å². The Morgan fingerprint density at radius 1 is 1.15 bits per heavy atom. The van der Waals surface area contributed by atoms with Crippen LogP contribution >= 0.6 is 0 Å². The van der Waals surface area contributed by atoms with Gasteiger partial charge in [0.05, 0.1) is 12.6 Å². The topological polar surface area (TPSA) is 71.1 Å². The predicted molar refractivity (Wildman–Crippen MR) is 97.6 cm³/mol. The summed E-state index contributed by atoms with van der Waals surface area (Å²) in [6.45, 7) is 4.72. The molecule has 0 radical (unpaired) electrons. The molecular weight excluding hydrogens is 346 g/mol. The lowest BCUT2D eigenvalue weighted by Gasteiger charge is -2.51. The minimum atomic E-state index is -0.166. The molecule has 2 bridgehead atoms. The number of hydrogen-bond acceptors (Lipinski definition) is 5. The van der Waals surface area contributed by atoms with Gasteiger partial charge in [-0.2, -0.15) is 0 Å². The van der Waals surface area contributed by atoms with Crippen LogP contribution in [0, 0.1) is 5.92 Å². The highest BCUT2D eigenvalue weighted by Gasteiger charge is 2.54. The number of rotatable bonds is 3. The highest BCUT2D eigenvalue weighted by molar-refractivity contribution is 5.84. The Morgan fingerprint density at radius 2 is 1.93 bits per heavy atom. The molecule has 7 nitrogen and oxygen atoms in total. The van der Waals surface area contributed by atoms with Crippen LogP contribution in [0.1, 0.15) is 31.2 Å². The molecule has 1 aromatic rings. The van der Waals surface area contributed by atoms with Crippen molar-refractivity contribution in [1.82, 2.24) is 15.1 Å². The number of carbonyl (C=O) groups excluding carboxylic acids is 2. The molecule has 4 saturated heterocycles. The second kappa shape index (κ2) is 6.41. The molecule has 4 fully saturated rings. The molecule has 6 rings (SSSR count). The van der Waals surface area contributed by atoms with Crippen molar-refractivity contribution < 1.29 is 19.1 Å². The Labute approximate surface area is 158 Å². The first-order valence-corrected chi connectivity index (χ1v) is 9.79. The minimum absolute atomic E-state index is 0.0252. The van der Waals surface area contributed by atoms with Gasteiger partial charge in [0.1, 0.15) is 0 Å². The summed E-state index contributed by atoms with van der Waals surface area (Å²) in [6.07, 6.45) is 2.30. The fourth-order valence-electron chi connectivity index (χ4n) is 5.44. The normalized spacial score (nSPS) is 33.1. The molecule has 5 aliphatic heterocycles. The van der Waals surface area contributed by atoms with Crippen molar-refractivity contribution in [3.63, 3.8) is 0 Å². The first-order valence-electron chi connectivity index (χ1n) is 9.79. The molecule has 0 saturated carbocycles. The van der Waals surface area contributed by atoms with Crippen molar-refractivity contribution in [3.05, 3.63) is 23.8 Å². The van der Waals surface area contributed by atoms with Crippen LogP contribution in [0.4, 0.5) is 0 Å². The van der Waals surface area contributed by atoms with Gasteiger partial charge in [-0.15, -0.1) is 0 Å². The Hall–Kier alpha value is -2.28. The van der Waals surface area contributed by atoms with Crippen LogP contribution in [0.25, 0.3) is 0 Å². The van der Waals surface area contributed by atoms with Gasteiger partial charge >= 0.3 is 0 Å². The zero-order chi connectivity index (χ0) is 18.5. The van der Waals surface area contributed by atoms with E-state index >= 15 is 0 Å². The standard InChI is InChI=1S/C20H25N3O4/c1-12(24)21-9-18(25)23-10-15(14-2-3-16-17(8-14)27-11-26-16)20-19(23)13-4-6-22(20)7-5-13/h2-3,8,13,15,19-20H,4-7,9-11H2,1H3,(H,21,24)/t15-,19-,20-/m1/s1. The van der Waals surface area contributed by atoms with Crippen molar-refractivity contribution >= 4 is 11.8 Å². The summed E-state index contributed by atoms with van der Waals surface area (Å²) in [5, 5.41) is 2.67. The van der Waals surface area contributed by atoms with E-state index in [4.69, 9.17) is 9.47 Å². The van der Waals surface area contributed by atoms with E-state index in [1.54, 1.807) is 0 Å². The SMILES string of the molecule is CC(=O)NCC(=O)N1C[C@H](c2ccc3c(c2)OCO3)[C@@H]2[C@H]1C1CCN2CC1. The Bertz CT molecular complexity index is 774. The zero-order valence-electron chi connectivity index (χ0n) is 15.5. The number of carbonyl (C=O) groups is 2. The number of fused-ring (bicyclic) bond motifs is 3. The van der Waals surface area contributed by atoms with E-state index in [2.05, 4.69) is 22.3 Å². The Balaban J connectivity index is 1.45. The van der Waals surface area contributed by atoms with Gasteiger partial charge in [0.25, 0.3) is 0 Å². The van der Waals surface area contributed by atoms with Crippen molar-refractivity contribution in [2.24, 2.45) is 5.92 Å². The van der Waals surface area contributed by atoms with Crippen LogP contribution < -0.4 is 14.8 Å². The van der Waals surface area contributed by atoms with Crippen molar-refractivity contribution in [2.45, 2.75) is 37.8 Å². The van der Waals surface area contributed by atoms with Gasteiger partial charge in [-0.05, 0) is 49.5 Å². The number of benzene rings is 1. The second-order valence-electron chi connectivity index (χ2n) is 8.03. The molecule has 7 heteroatoms. The molecule has 5 heterocycles. The number of piperidine rings is 3. The number of hydrogen-bond donors (Lipinski definition) is 1. The third kappa shape index (κ3) is 2.76. The van der Waals surface area contributed by atoms with Gasteiger partial charge in [-0.25, -0.2) is 0 Å². The molecule has 1 aromatic carbocycles. The van der Waals surface area contributed by atoms with Gasteiger partial charge in [0.15, 0.2) is 11.5 Å². The molecular formula is C20H25N3O4. The molecule has 0 aromatic heterocycles. The smallest absolute Gasteiger partial charge is 0.242 e. The molecule has 144 valence electrons. The van der Waals surface area contributed by atoms with Crippen LogP contribution in [-0.2, 0) is 9.59 Å². The van der Waals surface area contributed by atoms with Crippen LogP contribution in [0.5, 0.6) is 11.5 Å². The molecule has 0 unspecified atom stereocenters. The lowest BCUT2D eigenvalue weighted by molar-refractivity contribution is -0.136. The van der Waals surface area contributed by atoms with Crippen LogP contribution in [-0.4, -0.2) is 66.7 Å². The van der Waals surface area contributed by atoms with Crippen molar-refractivity contribution in [3.8, 4) is 11.5 Å². The maximum Gasteiger partial charge on any atom is 0.242 e. The average Bonchev–Trinajstić information content (AvgIpc) is 3.32. The molecule has 0 spiro atoms. The summed E-state index contributed by atoms with van der Waals surface area (Å²) in [4.78, 5) is 28.7. The molecule has 0 aliphatic carbocycles. The van der Waals surface area contributed by atoms with Crippen molar-refractivity contribution in [1.29, 1.82) is 0 Å². The number of nitrogens with one attached hydrogen (secondary N) is 1. The summed E-state index contributed by atoms with van der Waals surface area (Å²) in [7, 11) is 0. The number of nitrogens with zero attached hydrogens (tertiary/aromatic N) is 2. The molecule has 5 aliphatic rings. The third-order valence-electron chi connectivity index (χ3n) is 6.63. The largest absolute Gasteiger partial charge is 0.454 e. The van der Waals surface area contributed by atoms with Crippen molar-refractivity contribution in [2.75, 3.05) is 33.0 Å². The summed E-state index contributed by atoms with van der Waals surface area (Å²) < 4.78 is 11.0. The molecule has 2 amide bonds. The Kier molecular flexibility index (Phi) is 4.00. The monoisotopic (exact) mass is 371 g/mol. The highest BCUT2D eigenvalue weighted by atomic mass is 16.7. The second-order valence-corrected chi connectivity index (χ2v) is 8.03. The number of amides is 2. The fourth-order valence-corrected chi connectivity index (χ4v) is 5.44. The summed E-state index contributed by atoms with van der Waals surface area (Å²) in [5.41, 5.74) is 1.21. The maximum absolute atomic E-state index is 12.9. The van der Waals surface area contributed by atoms with E-state index in [1.807, 2.05) is 11.0 Å². The van der Waals surface area contributed by atoms with Crippen LogP contribution in [0.2, 0.25) is 0 Å². The molecule has 3 atom stereocenters. The van der Waals surface area contributed by atoms with Crippen LogP contribution in [0.15, 0.2) is 18.2 Å². The fraction of sp³-hybridized carbons (Fsp3) is 0.600. The zero-order valence-corrected chi connectivity index (χ0v) is 15.5. The van der Waals surface area contributed by atoms with Crippen LogP contribution in [0.3, 0.4) is 0 Å². The average molecular weight is 371 g/mol. The molecule has 1 N–H and O–H groups in total. The lowest BCUT2D eigenvalue weighted by atomic mass is 9.75. The quantitative estimate of drug-likeness (QED) is 0.856. The van der Waals surface area contributed by atoms with Gasteiger partial charge in [-0.3, -0.25) is 14.5 Å². The summed E-state index contributed by atoms with van der Waals surface area (Å²) in [6, 6.07) is 6.75. The Morgan fingerprint density at radius 3 is 2.70 bits per heavy atom. The minimum Gasteiger partial charge on any atom is -0.454 e. The summed E-state index contributed by atoms with van der Waals surface area (Å²) in [5.74, 6) is 2.26. The lowest BCUT2D eigenvalue weighted by Crippen LogP contribution is -2.61. The maximum atomic E-state index is 12.9. The van der Waals surface area contributed by atoms with E-state index in [1.165, 1.54) is 12.5 Å². The number of likely N-dealkylation sites (tertiary alicyclic amines) is 1. The number of ether oxygens (including phenoxy) is 2. The van der Waals surface area contributed by atoms with Gasteiger partial charge in [-0.1, -0.05) is 6.07 Å². The van der Waals surface area contributed by atoms with E-state index in [0.29, 0.717) is 18.5 Å². The van der Waals surface area contributed by atoms with Gasteiger partial charge in [0.2, 0.25) is 18.6 Å². The van der Waals surface area contributed by atoms with E-state index < -0.39 is 0 Å². The predicted octanol–water partition coefficient (Wildman–Crippen LogP) is 0.940. The highest BCUT2D eigenvalue weighted by Crippen LogP contribution is 2.47.